The number of nitrogens with zero attached hydrogens (tertiary/aromatic N) is 3. The van der Waals surface area contributed by atoms with Crippen LogP contribution in [-0.2, 0) is 0 Å². The van der Waals surface area contributed by atoms with Crippen LogP contribution in [0.25, 0.3) is 147 Å². The molecule has 3 aromatic heterocycles. The lowest BCUT2D eigenvalue weighted by molar-refractivity contribution is 1.11. The molecule has 70 heavy (non-hydrogen) atoms. The van der Waals surface area contributed by atoms with Crippen molar-refractivity contribution in [3.63, 3.8) is 0 Å². The summed E-state index contributed by atoms with van der Waals surface area (Å²) in [6.07, 6.45) is 0. The summed E-state index contributed by atoms with van der Waals surface area (Å²) in [5.74, 6) is 0. The lowest BCUT2D eigenvalue weighted by Gasteiger charge is -2.34. The third kappa shape index (κ3) is 4.19. The van der Waals surface area contributed by atoms with Gasteiger partial charge in [0, 0.05) is 43.7 Å². The van der Waals surface area contributed by atoms with Crippen molar-refractivity contribution in [2.24, 2.45) is 0 Å². The highest BCUT2D eigenvalue weighted by Gasteiger charge is 2.42. The van der Waals surface area contributed by atoms with Gasteiger partial charge < -0.3 is 13.7 Å². The first-order chi connectivity index (χ1) is 34.8. The van der Waals surface area contributed by atoms with Crippen molar-refractivity contribution in [2.75, 3.05) is 0 Å². The third-order valence-corrected chi connectivity index (χ3v) is 16.7. The summed E-state index contributed by atoms with van der Waals surface area (Å²) < 4.78 is 7.92. The van der Waals surface area contributed by atoms with Crippen molar-refractivity contribution in [3.05, 3.63) is 218 Å². The SMILES string of the molecule is c1ccc2c(c1)ccc1c2c2c3ccccc3ccc2n1-c1cc2c3c(c1)-n1c4ccc5ccccc5c4c4c5ccccc5cc(c41)B3c1cc3ccccc3c3c4c5ccccc5ccc4n-2c13. The van der Waals surface area contributed by atoms with Gasteiger partial charge in [0.15, 0.2) is 0 Å². The first-order valence-corrected chi connectivity index (χ1v) is 24.5. The second-order valence-corrected chi connectivity index (χ2v) is 19.9. The second kappa shape index (κ2) is 12.5. The quantitative estimate of drug-likeness (QED) is 0.146. The van der Waals surface area contributed by atoms with Gasteiger partial charge in [0.1, 0.15) is 0 Å². The Labute approximate surface area is 400 Å². The number of rotatable bonds is 1. The van der Waals surface area contributed by atoms with Gasteiger partial charge in [-0.25, -0.2) is 0 Å². The van der Waals surface area contributed by atoms with Crippen molar-refractivity contribution in [1.29, 1.82) is 0 Å². The van der Waals surface area contributed by atoms with E-state index in [1.807, 2.05) is 0 Å². The first-order valence-electron chi connectivity index (χ1n) is 24.5. The van der Waals surface area contributed by atoms with Crippen LogP contribution >= 0.6 is 0 Å². The first kappa shape index (κ1) is 36.0. The number of hydrogen-bond acceptors (Lipinski definition) is 0. The van der Waals surface area contributed by atoms with Crippen LogP contribution < -0.4 is 16.4 Å². The minimum absolute atomic E-state index is 0.0320. The fourth-order valence-corrected chi connectivity index (χ4v) is 14.0. The summed E-state index contributed by atoms with van der Waals surface area (Å²) >= 11 is 0. The fourth-order valence-electron chi connectivity index (χ4n) is 14.0. The van der Waals surface area contributed by atoms with Gasteiger partial charge in [-0.2, -0.15) is 0 Å². The van der Waals surface area contributed by atoms with Crippen LogP contribution in [0.4, 0.5) is 0 Å². The Kier molecular flexibility index (Phi) is 6.43. The van der Waals surface area contributed by atoms with Gasteiger partial charge in [-0.15, -0.1) is 0 Å². The number of hydrogen-bond donors (Lipinski definition) is 0. The monoisotopic (exact) mass is 881 g/mol. The summed E-state index contributed by atoms with van der Waals surface area (Å²) in [4.78, 5) is 0. The number of aromatic nitrogens is 3. The van der Waals surface area contributed by atoms with E-state index in [0.717, 1.165) is 5.69 Å². The molecule has 0 saturated carbocycles. The molecule has 0 saturated heterocycles. The van der Waals surface area contributed by atoms with E-state index in [1.165, 1.54) is 158 Å². The summed E-state index contributed by atoms with van der Waals surface area (Å²) in [7, 11) is 0. The van der Waals surface area contributed by atoms with Crippen LogP contribution in [-0.4, -0.2) is 20.4 Å². The molecular formula is C66H36BN3. The van der Waals surface area contributed by atoms with E-state index >= 15 is 0 Å². The standard InChI is InChI=1S/C66H36BN3/c1-7-19-44-37(13-1)25-29-52-58(44)59-45-20-8-2-14-38(45)26-30-53(59)68(52)43-35-56-64-57(36-43)70-55-32-28-40-16-4-10-22-47(40)61(55)63-49-24-12-6-18-42(49)34-51(66(63)70)67(64)50-33-41-17-5-11-23-48(41)62-60-46-21-9-3-15-39(46)27-31-54(60)69(56)65(50)62/h1-36H. The van der Waals surface area contributed by atoms with Crippen LogP contribution in [0.3, 0.4) is 0 Å². The minimum atomic E-state index is -0.0320. The average Bonchev–Trinajstić information content (AvgIpc) is 4.09. The van der Waals surface area contributed by atoms with E-state index in [2.05, 4.69) is 232 Å². The van der Waals surface area contributed by atoms with E-state index in [4.69, 9.17) is 0 Å². The van der Waals surface area contributed by atoms with Gasteiger partial charge in [0.05, 0.1) is 38.8 Å². The molecule has 13 aromatic carbocycles. The van der Waals surface area contributed by atoms with E-state index < -0.39 is 0 Å². The van der Waals surface area contributed by atoms with Crippen LogP contribution in [0.15, 0.2) is 218 Å². The number of fused-ring (bicyclic) bond motifs is 25. The summed E-state index contributed by atoms with van der Waals surface area (Å²) in [5, 5.41) is 23.2. The molecule has 0 bridgehead atoms. The zero-order valence-electron chi connectivity index (χ0n) is 37.7. The van der Waals surface area contributed by atoms with Gasteiger partial charge in [-0.05, 0) is 117 Å². The molecule has 2 aliphatic heterocycles. The molecule has 18 rings (SSSR count). The summed E-state index contributed by atoms with van der Waals surface area (Å²) in [6.45, 7) is -0.0320. The Hall–Kier alpha value is -9.12. The lowest BCUT2D eigenvalue weighted by atomic mass is 9.34. The average molecular weight is 882 g/mol. The van der Waals surface area contributed by atoms with E-state index in [0.29, 0.717) is 0 Å². The molecule has 0 aliphatic carbocycles. The van der Waals surface area contributed by atoms with Gasteiger partial charge in [-0.1, -0.05) is 182 Å². The zero-order valence-corrected chi connectivity index (χ0v) is 37.7. The molecule has 0 N–H and O–H groups in total. The maximum Gasteiger partial charge on any atom is 0.252 e. The lowest BCUT2D eigenvalue weighted by Crippen LogP contribution is -2.59. The van der Waals surface area contributed by atoms with Crippen LogP contribution in [0.5, 0.6) is 0 Å². The highest BCUT2D eigenvalue weighted by atomic mass is 15.1. The molecule has 0 amide bonds. The highest BCUT2D eigenvalue weighted by molar-refractivity contribution is 7.00. The van der Waals surface area contributed by atoms with Crippen LogP contribution in [0.2, 0.25) is 0 Å². The summed E-state index contributed by atoms with van der Waals surface area (Å²) in [6, 6.07) is 83.1. The zero-order chi connectivity index (χ0) is 45.1. The molecule has 2 aliphatic rings. The van der Waals surface area contributed by atoms with Gasteiger partial charge in [0.25, 0.3) is 6.71 Å². The van der Waals surface area contributed by atoms with Gasteiger partial charge >= 0.3 is 0 Å². The van der Waals surface area contributed by atoms with E-state index in [-0.39, 0.29) is 6.71 Å². The minimum Gasteiger partial charge on any atom is -0.310 e. The normalized spacial score (nSPS) is 13.1. The smallest absolute Gasteiger partial charge is 0.252 e. The molecular weight excluding hydrogens is 846 g/mol. The Balaban J connectivity index is 1.11. The van der Waals surface area contributed by atoms with Crippen molar-refractivity contribution >= 4 is 153 Å². The van der Waals surface area contributed by atoms with Crippen LogP contribution in [0, 0.1) is 0 Å². The van der Waals surface area contributed by atoms with Gasteiger partial charge in [0.2, 0.25) is 0 Å². The van der Waals surface area contributed by atoms with E-state index in [1.54, 1.807) is 0 Å². The summed E-state index contributed by atoms with van der Waals surface area (Å²) in [5.41, 5.74) is 15.2. The van der Waals surface area contributed by atoms with Crippen molar-refractivity contribution in [3.8, 4) is 17.1 Å². The second-order valence-electron chi connectivity index (χ2n) is 19.9. The Morgan fingerprint density at radius 2 is 0.557 bits per heavy atom. The van der Waals surface area contributed by atoms with E-state index in [9.17, 15) is 0 Å². The molecule has 16 aromatic rings. The predicted molar refractivity (Wildman–Crippen MR) is 299 cm³/mol. The molecule has 3 nitrogen and oxygen atoms in total. The number of benzene rings is 13. The third-order valence-electron chi connectivity index (χ3n) is 16.7. The van der Waals surface area contributed by atoms with Crippen molar-refractivity contribution in [2.45, 2.75) is 0 Å². The molecule has 5 heterocycles. The largest absolute Gasteiger partial charge is 0.310 e. The molecule has 318 valence electrons. The molecule has 0 fully saturated rings. The fraction of sp³-hybridized carbons (Fsp3) is 0. The Bertz CT molecular complexity index is 4830. The molecule has 0 radical (unpaired) electrons. The molecule has 4 heteroatoms. The van der Waals surface area contributed by atoms with Crippen LogP contribution in [0.1, 0.15) is 0 Å². The highest BCUT2D eigenvalue weighted by Crippen LogP contribution is 2.48. The Morgan fingerprint density at radius 1 is 0.257 bits per heavy atom. The van der Waals surface area contributed by atoms with Crippen molar-refractivity contribution < 1.29 is 0 Å². The Morgan fingerprint density at radius 3 is 0.929 bits per heavy atom. The van der Waals surface area contributed by atoms with Gasteiger partial charge in [-0.3, -0.25) is 0 Å². The van der Waals surface area contributed by atoms with Crippen molar-refractivity contribution in [1.82, 2.24) is 13.7 Å². The molecule has 0 unspecified atom stereocenters. The topological polar surface area (TPSA) is 14.8 Å². The molecule has 0 spiro atoms. The maximum absolute atomic E-state index is 2.67. The maximum atomic E-state index is 2.67. The molecule has 0 atom stereocenters. The predicted octanol–water partition coefficient (Wildman–Crippen LogP) is 15.0.